The molecule has 23 heavy (non-hydrogen) atoms. The maximum atomic E-state index is 12.2. The number of amides is 1. The predicted octanol–water partition coefficient (Wildman–Crippen LogP) is 3.10. The van der Waals surface area contributed by atoms with Gasteiger partial charge in [0.25, 0.3) is 5.91 Å². The van der Waals surface area contributed by atoms with E-state index in [-0.39, 0.29) is 5.91 Å². The van der Waals surface area contributed by atoms with Crippen molar-refractivity contribution in [2.24, 2.45) is 0 Å². The molecule has 1 N–H and O–H groups in total. The van der Waals surface area contributed by atoms with Gasteiger partial charge in [0.2, 0.25) is 0 Å². The van der Waals surface area contributed by atoms with Crippen molar-refractivity contribution < 1.29 is 9.53 Å². The Labute approximate surface area is 134 Å². The van der Waals surface area contributed by atoms with Crippen LogP contribution in [-0.4, -0.2) is 27.8 Å². The van der Waals surface area contributed by atoms with E-state index in [1.54, 1.807) is 24.1 Å². The van der Waals surface area contributed by atoms with Gasteiger partial charge in [0, 0.05) is 24.2 Å². The number of nitrogens with one attached hydrogen (secondary N) is 1. The van der Waals surface area contributed by atoms with Gasteiger partial charge >= 0.3 is 0 Å². The van der Waals surface area contributed by atoms with E-state index in [2.05, 4.69) is 22.3 Å². The Kier molecular flexibility index (Phi) is 4.23. The fourth-order valence-corrected chi connectivity index (χ4v) is 2.33. The highest BCUT2D eigenvalue weighted by atomic mass is 16.5. The number of hydrogen-bond acceptors (Lipinski definition) is 4. The summed E-state index contributed by atoms with van der Waals surface area (Å²) in [6.07, 6.45) is 4.41. The monoisotopic (exact) mass is 310 g/mol. The third-order valence-corrected chi connectivity index (χ3v) is 3.48. The van der Waals surface area contributed by atoms with Crippen molar-refractivity contribution in [1.29, 1.82) is 0 Å². The summed E-state index contributed by atoms with van der Waals surface area (Å²) in [5, 5.41) is 8.01. The molecular weight excluding hydrogens is 292 g/mol. The van der Waals surface area contributed by atoms with Crippen LogP contribution < -0.4 is 10.1 Å². The summed E-state index contributed by atoms with van der Waals surface area (Å²) in [4.78, 5) is 16.6. The Bertz CT molecular complexity index is 841. The Morgan fingerprint density at radius 2 is 2.17 bits per heavy atom. The summed E-state index contributed by atoms with van der Waals surface area (Å²) in [7, 11) is 1.62. The highest BCUT2D eigenvalue weighted by Gasteiger charge is 2.10. The fraction of sp³-hybridized carbons (Fsp3) is 0.235. The van der Waals surface area contributed by atoms with Crippen LogP contribution in [0.25, 0.3) is 10.9 Å². The minimum Gasteiger partial charge on any atom is -0.497 e. The van der Waals surface area contributed by atoms with E-state index in [4.69, 9.17) is 4.74 Å². The molecular formula is C17H18N4O2. The van der Waals surface area contributed by atoms with E-state index in [0.29, 0.717) is 11.4 Å². The number of nitrogens with zero attached hydrogens (tertiary/aromatic N) is 3. The average molecular weight is 310 g/mol. The topological polar surface area (TPSA) is 69.0 Å². The second kappa shape index (κ2) is 6.48. The number of pyridine rings is 1. The summed E-state index contributed by atoms with van der Waals surface area (Å²) >= 11 is 0. The smallest absolute Gasteiger partial charge is 0.276 e. The van der Waals surface area contributed by atoms with Crippen molar-refractivity contribution in [2.75, 3.05) is 12.4 Å². The molecule has 0 radical (unpaired) electrons. The fourth-order valence-electron chi connectivity index (χ4n) is 2.33. The number of hydrogen-bond donors (Lipinski definition) is 1. The molecule has 3 rings (SSSR count). The Balaban J connectivity index is 1.78. The van der Waals surface area contributed by atoms with Gasteiger partial charge < -0.3 is 10.1 Å². The maximum absolute atomic E-state index is 12.2. The number of carbonyl (C=O) groups is 1. The van der Waals surface area contributed by atoms with E-state index in [0.717, 1.165) is 29.6 Å². The first-order chi connectivity index (χ1) is 11.2. The molecule has 0 saturated heterocycles. The molecule has 0 unspecified atom stereocenters. The molecule has 0 aliphatic heterocycles. The lowest BCUT2D eigenvalue weighted by Crippen LogP contribution is -2.13. The molecule has 1 amide bonds. The summed E-state index contributed by atoms with van der Waals surface area (Å²) in [6.45, 7) is 2.86. The number of benzene rings is 1. The molecule has 0 saturated carbocycles. The maximum Gasteiger partial charge on any atom is 0.276 e. The minimum absolute atomic E-state index is 0.241. The normalized spacial score (nSPS) is 10.7. The van der Waals surface area contributed by atoms with E-state index in [1.165, 1.54) is 0 Å². The number of methoxy groups -OCH3 is 1. The van der Waals surface area contributed by atoms with E-state index in [9.17, 15) is 4.79 Å². The highest BCUT2D eigenvalue weighted by Crippen LogP contribution is 2.21. The number of fused-ring (bicyclic) bond motifs is 1. The summed E-state index contributed by atoms with van der Waals surface area (Å²) in [5.41, 5.74) is 1.85. The second-order valence-corrected chi connectivity index (χ2v) is 5.20. The summed E-state index contributed by atoms with van der Waals surface area (Å²) < 4.78 is 6.94. The first-order valence-corrected chi connectivity index (χ1v) is 7.48. The first kappa shape index (κ1) is 15.0. The molecule has 118 valence electrons. The van der Waals surface area contributed by atoms with Crippen LogP contribution in [0.5, 0.6) is 5.75 Å². The van der Waals surface area contributed by atoms with Crippen molar-refractivity contribution in [3.63, 3.8) is 0 Å². The van der Waals surface area contributed by atoms with Crippen molar-refractivity contribution in [2.45, 2.75) is 19.9 Å². The Morgan fingerprint density at radius 1 is 1.30 bits per heavy atom. The van der Waals surface area contributed by atoms with Crippen LogP contribution >= 0.6 is 0 Å². The number of anilines is 1. The molecule has 1 aromatic carbocycles. The van der Waals surface area contributed by atoms with E-state index in [1.807, 2.05) is 30.5 Å². The molecule has 0 fully saturated rings. The summed E-state index contributed by atoms with van der Waals surface area (Å²) in [5.74, 6) is 0.512. The van der Waals surface area contributed by atoms with Gasteiger partial charge in [-0.3, -0.25) is 14.5 Å². The molecule has 2 aromatic heterocycles. The SMILES string of the molecule is CCCn1ccc(C(=O)Nc2cnc3cc(OC)ccc3c2)n1. The zero-order chi connectivity index (χ0) is 16.2. The van der Waals surface area contributed by atoms with Crippen LogP contribution in [0.2, 0.25) is 0 Å². The third kappa shape index (κ3) is 3.31. The van der Waals surface area contributed by atoms with Crippen LogP contribution in [0.3, 0.4) is 0 Å². The third-order valence-electron chi connectivity index (χ3n) is 3.48. The van der Waals surface area contributed by atoms with Crippen molar-refractivity contribution in [3.05, 3.63) is 48.4 Å². The van der Waals surface area contributed by atoms with Crippen LogP contribution in [-0.2, 0) is 6.54 Å². The number of aromatic nitrogens is 3. The zero-order valence-corrected chi connectivity index (χ0v) is 13.1. The second-order valence-electron chi connectivity index (χ2n) is 5.20. The molecule has 0 aliphatic carbocycles. The lowest BCUT2D eigenvalue weighted by Gasteiger charge is -2.06. The quantitative estimate of drug-likeness (QED) is 0.786. The molecule has 0 spiro atoms. The molecule has 3 aromatic rings. The number of aryl methyl sites for hydroxylation is 1. The summed E-state index contributed by atoms with van der Waals surface area (Å²) in [6, 6.07) is 9.22. The van der Waals surface area contributed by atoms with Gasteiger partial charge in [0.1, 0.15) is 5.75 Å². The van der Waals surface area contributed by atoms with Crippen molar-refractivity contribution in [3.8, 4) is 5.75 Å². The van der Waals surface area contributed by atoms with E-state index < -0.39 is 0 Å². The van der Waals surface area contributed by atoms with Gasteiger partial charge in [-0.25, -0.2) is 0 Å². The van der Waals surface area contributed by atoms with Crippen LogP contribution in [0, 0.1) is 0 Å². The molecule has 6 nitrogen and oxygen atoms in total. The lowest BCUT2D eigenvalue weighted by molar-refractivity contribution is 0.102. The number of ether oxygens (including phenoxy) is 1. The Hall–Kier alpha value is -2.89. The molecule has 2 heterocycles. The molecule has 0 aliphatic rings. The molecule has 0 bridgehead atoms. The van der Waals surface area contributed by atoms with E-state index >= 15 is 0 Å². The minimum atomic E-state index is -0.241. The number of rotatable bonds is 5. The van der Waals surface area contributed by atoms with Gasteiger partial charge in [-0.15, -0.1) is 0 Å². The van der Waals surface area contributed by atoms with Crippen molar-refractivity contribution >= 4 is 22.5 Å². The van der Waals surface area contributed by atoms with Crippen molar-refractivity contribution in [1.82, 2.24) is 14.8 Å². The average Bonchev–Trinajstić information content (AvgIpc) is 3.03. The van der Waals surface area contributed by atoms with Gasteiger partial charge in [0.15, 0.2) is 5.69 Å². The lowest BCUT2D eigenvalue weighted by atomic mass is 10.2. The molecule has 0 atom stereocenters. The van der Waals surface area contributed by atoms with Gasteiger partial charge in [-0.1, -0.05) is 6.92 Å². The van der Waals surface area contributed by atoms with Gasteiger partial charge in [0.05, 0.1) is 24.5 Å². The number of carbonyl (C=O) groups excluding carboxylic acids is 1. The van der Waals surface area contributed by atoms with Crippen LogP contribution in [0.1, 0.15) is 23.8 Å². The largest absolute Gasteiger partial charge is 0.497 e. The Morgan fingerprint density at radius 3 is 2.96 bits per heavy atom. The zero-order valence-electron chi connectivity index (χ0n) is 13.1. The van der Waals surface area contributed by atoms with Gasteiger partial charge in [-0.2, -0.15) is 5.10 Å². The first-order valence-electron chi connectivity index (χ1n) is 7.48. The predicted molar refractivity (Wildman–Crippen MR) is 88.8 cm³/mol. The van der Waals surface area contributed by atoms with Crippen LogP contribution in [0.4, 0.5) is 5.69 Å². The van der Waals surface area contributed by atoms with Crippen LogP contribution in [0.15, 0.2) is 42.7 Å². The van der Waals surface area contributed by atoms with Gasteiger partial charge in [-0.05, 0) is 30.7 Å². The molecule has 6 heteroatoms. The highest BCUT2D eigenvalue weighted by molar-refractivity contribution is 6.03. The standard InChI is InChI=1S/C17H18N4O2/c1-3-7-21-8-6-15(20-21)17(22)19-13-9-12-4-5-14(23-2)10-16(12)18-11-13/h4-6,8-11H,3,7H2,1-2H3,(H,19,22).